The molecule has 0 aliphatic carbocycles. The van der Waals surface area contributed by atoms with Crippen LogP contribution < -0.4 is 0 Å². The van der Waals surface area contributed by atoms with Gasteiger partial charge in [0.2, 0.25) is 0 Å². The summed E-state index contributed by atoms with van der Waals surface area (Å²) in [5.41, 5.74) is -0.598. The molecule has 0 fully saturated rings. The SMILES string of the molecule is CC(=O)c1cc(C(F)F)c(O)cc1Cl. The molecule has 1 aromatic rings. The van der Waals surface area contributed by atoms with Crippen molar-refractivity contribution in [1.82, 2.24) is 0 Å². The molecule has 0 aromatic heterocycles. The van der Waals surface area contributed by atoms with Crippen molar-refractivity contribution in [3.63, 3.8) is 0 Å². The average molecular weight is 221 g/mol. The van der Waals surface area contributed by atoms with Crippen LogP contribution in [0.4, 0.5) is 8.78 Å². The van der Waals surface area contributed by atoms with Gasteiger partial charge in [-0.1, -0.05) is 11.6 Å². The van der Waals surface area contributed by atoms with E-state index in [1.807, 2.05) is 0 Å². The number of phenolic OH excluding ortho intramolecular Hbond substituents is 1. The van der Waals surface area contributed by atoms with E-state index in [0.717, 1.165) is 12.1 Å². The normalized spacial score (nSPS) is 10.6. The molecule has 0 aliphatic heterocycles. The number of carbonyl (C=O) groups excluding carboxylic acids is 1. The van der Waals surface area contributed by atoms with Gasteiger partial charge in [-0.2, -0.15) is 0 Å². The number of carbonyl (C=O) groups is 1. The lowest BCUT2D eigenvalue weighted by Gasteiger charge is -2.06. The van der Waals surface area contributed by atoms with Crippen molar-refractivity contribution in [3.8, 4) is 5.75 Å². The van der Waals surface area contributed by atoms with Gasteiger partial charge in [-0.15, -0.1) is 0 Å². The number of benzene rings is 1. The number of aromatic hydroxyl groups is 1. The Bertz CT molecular complexity index is 377. The zero-order valence-electron chi connectivity index (χ0n) is 7.22. The fraction of sp³-hybridized carbons (Fsp3) is 0.222. The minimum Gasteiger partial charge on any atom is -0.507 e. The molecule has 0 amide bonds. The van der Waals surface area contributed by atoms with Crippen molar-refractivity contribution in [2.45, 2.75) is 13.3 Å². The molecule has 0 saturated carbocycles. The number of halogens is 3. The molecule has 1 aromatic carbocycles. The molecule has 0 aliphatic rings. The summed E-state index contributed by atoms with van der Waals surface area (Å²) >= 11 is 5.58. The maximum absolute atomic E-state index is 12.3. The van der Waals surface area contributed by atoms with Crippen molar-refractivity contribution in [2.75, 3.05) is 0 Å². The van der Waals surface area contributed by atoms with Gasteiger partial charge in [0.05, 0.1) is 10.6 Å². The molecule has 0 heterocycles. The molecule has 1 rings (SSSR count). The van der Waals surface area contributed by atoms with Gasteiger partial charge < -0.3 is 5.11 Å². The highest BCUT2D eigenvalue weighted by Gasteiger charge is 2.17. The van der Waals surface area contributed by atoms with Crippen molar-refractivity contribution in [1.29, 1.82) is 0 Å². The average Bonchev–Trinajstić information content (AvgIpc) is 2.02. The topological polar surface area (TPSA) is 37.3 Å². The second-order valence-electron chi connectivity index (χ2n) is 2.75. The molecule has 1 N–H and O–H groups in total. The second-order valence-corrected chi connectivity index (χ2v) is 3.15. The smallest absolute Gasteiger partial charge is 0.267 e. The number of hydrogen-bond acceptors (Lipinski definition) is 2. The van der Waals surface area contributed by atoms with Gasteiger partial charge in [0, 0.05) is 5.56 Å². The molecule has 0 bridgehead atoms. The monoisotopic (exact) mass is 220 g/mol. The molecular weight excluding hydrogens is 214 g/mol. The van der Waals surface area contributed by atoms with Crippen LogP contribution in [0.5, 0.6) is 5.75 Å². The highest BCUT2D eigenvalue weighted by Crippen LogP contribution is 2.33. The van der Waals surface area contributed by atoms with Crippen LogP contribution in [0.1, 0.15) is 29.3 Å². The second kappa shape index (κ2) is 3.92. The quantitative estimate of drug-likeness (QED) is 0.778. The fourth-order valence-electron chi connectivity index (χ4n) is 1.02. The summed E-state index contributed by atoms with van der Waals surface area (Å²) in [7, 11) is 0. The molecular formula is C9H7ClF2O2. The Morgan fingerprint density at radius 1 is 1.50 bits per heavy atom. The van der Waals surface area contributed by atoms with Crippen molar-refractivity contribution in [3.05, 3.63) is 28.3 Å². The van der Waals surface area contributed by atoms with Crippen LogP contribution in [0.2, 0.25) is 5.02 Å². The Morgan fingerprint density at radius 3 is 2.50 bits per heavy atom. The summed E-state index contributed by atoms with van der Waals surface area (Å²) in [5.74, 6) is -1.02. The molecule has 0 radical (unpaired) electrons. The van der Waals surface area contributed by atoms with E-state index in [-0.39, 0.29) is 10.6 Å². The Balaban J connectivity index is 3.34. The third-order valence-corrected chi connectivity index (χ3v) is 2.04. The Hall–Kier alpha value is -1.16. The molecule has 14 heavy (non-hydrogen) atoms. The highest BCUT2D eigenvalue weighted by molar-refractivity contribution is 6.34. The van der Waals surface area contributed by atoms with Crippen LogP contribution in [0.15, 0.2) is 12.1 Å². The Labute approximate surface area is 84.1 Å². The van der Waals surface area contributed by atoms with Gasteiger partial charge in [0.1, 0.15) is 5.75 Å². The third kappa shape index (κ3) is 2.01. The van der Waals surface area contributed by atoms with Gasteiger partial charge in [0.25, 0.3) is 6.43 Å². The van der Waals surface area contributed by atoms with Gasteiger partial charge in [-0.25, -0.2) is 8.78 Å². The Morgan fingerprint density at radius 2 is 2.07 bits per heavy atom. The first kappa shape index (κ1) is 10.9. The predicted octanol–water partition coefficient (Wildman–Crippen LogP) is 3.19. The van der Waals surface area contributed by atoms with Crippen molar-refractivity contribution in [2.24, 2.45) is 0 Å². The van der Waals surface area contributed by atoms with Crippen LogP contribution in [0.25, 0.3) is 0 Å². The number of rotatable bonds is 2. The van der Waals surface area contributed by atoms with Gasteiger partial charge in [-0.05, 0) is 19.1 Å². The van der Waals surface area contributed by atoms with Crippen molar-refractivity contribution >= 4 is 17.4 Å². The minimum absolute atomic E-state index is 0.0141. The lowest BCUT2D eigenvalue weighted by atomic mass is 10.1. The lowest BCUT2D eigenvalue weighted by Crippen LogP contribution is -1.96. The first-order chi connectivity index (χ1) is 6.43. The largest absolute Gasteiger partial charge is 0.507 e. The number of phenols is 1. The van der Waals surface area contributed by atoms with E-state index < -0.39 is 23.5 Å². The van der Waals surface area contributed by atoms with Gasteiger partial charge in [-0.3, -0.25) is 4.79 Å². The number of alkyl halides is 2. The molecule has 5 heteroatoms. The van der Waals surface area contributed by atoms with Crippen LogP contribution in [0.3, 0.4) is 0 Å². The minimum atomic E-state index is -2.83. The van der Waals surface area contributed by atoms with E-state index >= 15 is 0 Å². The van der Waals surface area contributed by atoms with Gasteiger partial charge in [0.15, 0.2) is 5.78 Å². The molecule has 0 atom stereocenters. The standard InChI is InChI=1S/C9H7ClF2O2/c1-4(13)5-2-6(9(11)12)8(14)3-7(5)10/h2-3,9,14H,1H3. The first-order valence-electron chi connectivity index (χ1n) is 3.75. The van der Waals surface area contributed by atoms with Crippen LogP contribution in [-0.4, -0.2) is 10.9 Å². The van der Waals surface area contributed by atoms with Crippen LogP contribution >= 0.6 is 11.6 Å². The zero-order valence-corrected chi connectivity index (χ0v) is 7.98. The maximum atomic E-state index is 12.3. The highest BCUT2D eigenvalue weighted by atomic mass is 35.5. The molecule has 0 saturated heterocycles. The van der Waals surface area contributed by atoms with Gasteiger partial charge >= 0.3 is 0 Å². The van der Waals surface area contributed by atoms with E-state index in [1.54, 1.807) is 0 Å². The fourth-order valence-corrected chi connectivity index (χ4v) is 1.32. The first-order valence-corrected chi connectivity index (χ1v) is 4.12. The van der Waals surface area contributed by atoms with E-state index in [0.29, 0.717) is 0 Å². The van der Waals surface area contributed by atoms with Crippen LogP contribution in [0, 0.1) is 0 Å². The summed E-state index contributed by atoms with van der Waals surface area (Å²) in [5, 5.41) is 9.06. The molecule has 2 nitrogen and oxygen atoms in total. The summed E-state index contributed by atoms with van der Waals surface area (Å²) in [6.07, 6.45) is -2.83. The molecule has 0 unspecified atom stereocenters. The molecule has 0 spiro atoms. The third-order valence-electron chi connectivity index (χ3n) is 1.73. The summed E-state index contributed by atoms with van der Waals surface area (Å²) in [4.78, 5) is 10.9. The van der Waals surface area contributed by atoms with E-state index in [4.69, 9.17) is 16.7 Å². The summed E-state index contributed by atoms with van der Waals surface area (Å²) in [6.45, 7) is 1.22. The lowest BCUT2D eigenvalue weighted by molar-refractivity contribution is 0.101. The van der Waals surface area contributed by atoms with E-state index in [1.165, 1.54) is 6.92 Å². The molecule has 76 valence electrons. The van der Waals surface area contributed by atoms with Crippen molar-refractivity contribution < 1.29 is 18.7 Å². The van der Waals surface area contributed by atoms with E-state index in [2.05, 4.69) is 0 Å². The summed E-state index contributed by atoms with van der Waals surface area (Å²) < 4.78 is 24.6. The summed E-state index contributed by atoms with van der Waals surface area (Å²) in [6, 6.07) is 1.85. The Kier molecular flexibility index (Phi) is 3.06. The number of hydrogen-bond donors (Lipinski definition) is 1. The van der Waals surface area contributed by atoms with Crippen LogP contribution in [-0.2, 0) is 0 Å². The van der Waals surface area contributed by atoms with E-state index in [9.17, 15) is 13.6 Å². The predicted molar refractivity (Wildman–Crippen MR) is 48.1 cm³/mol. The zero-order chi connectivity index (χ0) is 10.9. The number of Topliss-reactive ketones (excluding diaryl/α,β-unsaturated/α-hetero) is 1. The number of ketones is 1. The maximum Gasteiger partial charge on any atom is 0.267 e.